The van der Waals surface area contributed by atoms with Gasteiger partial charge < -0.3 is 14.8 Å². The summed E-state index contributed by atoms with van der Waals surface area (Å²) >= 11 is 0. The van der Waals surface area contributed by atoms with Gasteiger partial charge in [0.05, 0.1) is 0 Å². The molecule has 1 fully saturated rings. The summed E-state index contributed by atoms with van der Waals surface area (Å²) in [4.78, 5) is 8.73. The number of likely N-dealkylation sites (tertiary alicyclic amines) is 1. The summed E-state index contributed by atoms with van der Waals surface area (Å²) in [5.74, 6) is 0. The molecule has 1 saturated heterocycles. The number of rotatable bonds is 4. The van der Waals surface area contributed by atoms with Crippen LogP contribution in [0.2, 0.25) is 0 Å². The smallest absolute Gasteiger partial charge is 0.0456 e. The van der Waals surface area contributed by atoms with E-state index in [-0.39, 0.29) is 0 Å². The molecule has 0 atom stereocenters. The molecule has 0 saturated carbocycles. The van der Waals surface area contributed by atoms with Crippen molar-refractivity contribution < 1.29 is 0 Å². The number of para-hydroxylation sites is 2. The fourth-order valence-corrected chi connectivity index (χ4v) is 4.81. The summed E-state index contributed by atoms with van der Waals surface area (Å²) in [6.45, 7) is 4.84. The third-order valence-corrected chi connectivity index (χ3v) is 6.29. The van der Waals surface area contributed by atoms with E-state index in [0.717, 1.165) is 12.5 Å². The van der Waals surface area contributed by atoms with Crippen molar-refractivity contribution in [3.8, 4) is 0 Å². The van der Waals surface area contributed by atoms with Crippen molar-refractivity contribution in [3.63, 3.8) is 0 Å². The number of nitrogens with one attached hydrogen (secondary N) is 1. The summed E-state index contributed by atoms with van der Waals surface area (Å²) in [7, 11) is 0. The average Bonchev–Trinajstić information content (AvgIpc) is 3.31. The molecule has 5 rings (SSSR count). The third-order valence-electron chi connectivity index (χ3n) is 6.29. The highest BCUT2D eigenvalue weighted by molar-refractivity contribution is 5.83. The van der Waals surface area contributed by atoms with Crippen LogP contribution in [0.25, 0.3) is 10.9 Å². The summed E-state index contributed by atoms with van der Waals surface area (Å²) < 4.78 is 0. The van der Waals surface area contributed by atoms with Gasteiger partial charge in [0, 0.05) is 55.0 Å². The van der Waals surface area contributed by atoms with E-state index in [1.165, 1.54) is 73.2 Å². The van der Waals surface area contributed by atoms with Gasteiger partial charge in [0.2, 0.25) is 0 Å². The molecular weight excluding hydrogens is 318 g/mol. The number of anilines is 1. The molecule has 1 N–H and O–H groups in total. The molecule has 0 bridgehead atoms. The molecule has 0 amide bonds. The number of hydrogen-bond acceptors (Lipinski definition) is 2. The second-order valence-electron chi connectivity index (χ2n) is 7.75. The highest BCUT2D eigenvalue weighted by atomic mass is 15.2. The van der Waals surface area contributed by atoms with E-state index >= 15 is 0 Å². The summed E-state index contributed by atoms with van der Waals surface area (Å²) in [5.41, 5.74) is 5.74. The number of benzene rings is 2. The van der Waals surface area contributed by atoms with Crippen LogP contribution in [-0.2, 0) is 12.8 Å². The number of aromatic nitrogens is 1. The largest absolute Gasteiger partial charge is 0.368 e. The molecule has 2 aliphatic rings. The minimum absolute atomic E-state index is 0.725. The van der Waals surface area contributed by atoms with Gasteiger partial charge in [0.15, 0.2) is 0 Å². The Labute approximate surface area is 155 Å². The Morgan fingerprint density at radius 3 is 2.65 bits per heavy atom. The maximum absolute atomic E-state index is 3.40. The molecule has 3 nitrogen and oxygen atoms in total. The molecule has 2 aromatic carbocycles. The first-order valence-electron chi connectivity index (χ1n) is 10.0. The minimum atomic E-state index is 0.725. The minimum Gasteiger partial charge on any atom is -0.368 e. The Morgan fingerprint density at radius 2 is 1.73 bits per heavy atom. The quantitative estimate of drug-likeness (QED) is 0.764. The van der Waals surface area contributed by atoms with Crippen LogP contribution in [0.5, 0.6) is 0 Å². The topological polar surface area (TPSA) is 22.3 Å². The molecule has 3 aromatic rings. The zero-order chi connectivity index (χ0) is 17.3. The van der Waals surface area contributed by atoms with Crippen LogP contribution < -0.4 is 4.90 Å². The van der Waals surface area contributed by atoms with Crippen LogP contribution in [0.1, 0.15) is 24.0 Å². The van der Waals surface area contributed by atoms with Crippen molar-refractivity contribution in [3.05, 3.63) is 65.9 Å². The van der Waals surface area contributed by atoms with Crippen molar-refractivity contribution in [2.75, 3.05) is 31.1 Å². The zero-order valence-corrected chi connectivity index (χ0v) is 15.3. The molecule has 0 radical (unpaired) electrons. The van der Waals surface area contributed by atoms with Crippen molar-refractivity contribution in [2.24, 2.45) is 0 Å². The molecule has 26 heavy (non-hydrogen) atoms. The van der Waals surface area contributed by atoms with Gasteiger partial charge in [0.1, 0.15) is 0 Å². The molecule has 2 aliphatic heterocycles. The van der Waals surface area contributed by atoms with Crippen molar-refractivity contribution >= 4 is 16.6 Å². The molecule has 134 valence electrons. The van der Waals surface area contributed by atoms with Crippen molar-refractivity contribution in [2.45, 2.75) is 31.7 Å². The van der Waals surface area contributed by atoms with Crippen LogP contribution in [0.4, 0.5) is 5.69 Å². The maximum atomic E-state index is 3.40. The third kappa shape index (κ3) is 2.90. The first-order valence-corrected chi connectivity index (χ1v) is 10.0. The van der Waals surface area contributed by atoms with E-state index in [1.54, 1.807) is 0 Å². The van der Waals surface area contributed by atoms with Crippen LogP contribution >= 0.6 is 0 Å². The van der Waals surface area contributed by atoms with Crippen molar-refractivity contribution in [1.29, 1.82) is 0 Å². The Morgan fingerprint density at radius 1 is 0.923 bits per heavy atom. The van der Waals surface area contributed by atoms with Gasteiger partial charge in [0.25, 0.3) is 0 Å². The molecule has 1 aromatic heterocycles. The SMILES string of the molecule is c1ccc2c(c1)CCN2C1CCN(CCc2c[nH]c3ccccc23)CC1. The predicted octanol–water partition coefficient (Wildman–Crippen LogP) is 4.24. The Kier molecular flexibility index (Phi) is 4.18. The van der Waals surface area contributed by atoms with Gasteiger partial charge in [-0.1, -0.05) is 36.4 Å². The molecule has 0 unspecified atom stereocenters. The predicted molar refractivity (Wildman–Crippen MR) is 109 cm³/mol. The number of piperidine rings is 1. The van der Waals surface area contributed by atoms with E-state index in [0.29, 0.717) is 0 Å². The highest BCUT2D eigenvalue weighted by Crippen LogP contribution is 2.32. The van der Waals surface area contributed by atoms with Gasteiger partial charge in [-0.05, 0) is 48.9 Å². The molecule has 0 aliphatic carbocycles. The fourth-order valence-electron chi connectivity index (χ4n) is 4.81. The molecule has 0 spiro atoms. The van der Waals surface area contributed by atoms with Crippen molar-refractivity contribution in [1.82, 2.24) is 9.88 Å². The number of fused-ring (bicyclic) bond motifs is 2. The second kappa shape index (κ2) is 6.81. The lowest BCUT2D eigenvalue weighted by molar-refractivity contribution is 0.212. The van der Waals surface area contributed by atoms with E-state index in [4.69, 9.17) is 0 Å². The van der Waals surface area contributed by atoms with E-state index in [2.05, 4.69) is 69.5 Å². The summed E-state index contributed by atoms with van der Waals surface area (Å²) in [6.07, 6.45) is 7.14. The first kappa shape index (κ1) is 16.0. The van der Waals surface area contributed by atoms with E-state index in [9.17, 15) is 0 Å². The van der Waals surface area contributed by atoms with Crippen LogP contribution in [0.3, 0.4) is 0 Å². The molecular formula is C23H27N3. The number of hydrogen-bond donors (Lipinski definition) is 1. The Bertz CT molecular complexity index is 889. The van der Waals surface area contributed by atoms with E-state index < -0.39 is 0 Å². The van der Waals surface area contributed by atoms with Gasteiger partial charge in [-0.3, -0.25) is 0 Å². The standard InChI is InChI=1S/C23H27N3/c1-4-8-23-18(5-1)10-16-26(23)20-11-14-25(15-12-20)13-9-19-17-24-22-7-3-2-6-21(19)22/h1-8,17,20,24H,9-16H2. The Balaban J connectivity index is 1.18. The summed E-state index contributed by atoms with van der Waals surface area (Å²) in [6, 6.07) is 18.3. The van der Waals surface area contributed by atoms with Gasteiger partial charge in [-0.25, -0.2) is 0 Å². The van der Waals surface area contributed by atoms with Crippen LogP contribution in [-0.4, -0.2) is 42.1 Å². The number of H-pyrrole nitrogens is 1. The lowest BCUT2D eigenvalue weighted by atomic mass is 10.0. The average molecular weight is 345 g/mol. The molecule has 3 heteroatoms. The number of aromatic amines is 1. The fraction of sp³-hybridized carbons (Fsp3) is 0.391. The lowest BCUT2D eigenvalue weighted by Gasteiger charge is -2.38. The maximum Gasteiger partial charge on any atom is 0.0456 e. The second-order valence-corrected chi connectivity index (χ2v) is 7.75. The van der Waals surface area contributed by atoms with E-state index in [1.807, 2.05) is 0 Å². The number of nitrogens with zero attached hydrogens (tertiary/aromatic N) is 2. The molecule has 3 heterocycles. The zero-order valence-electron chi connectivity index (χ0n) is 15.3. The van der Waals surface area contributed by atoms with Gasteiger partial charge in [-0.15, -0.1) is 0 Å². The van der Waals surface area contributed by atoms with Crippen LogP contribution in [0, 0.1) is 0 Å². The lowest BCUT2D eigenvalue weighted by Crippen LogP contribution is -2.44. The monoisotopic (exact) mass is 345 g/mol. The summed E-state index contributed by atoms with van der Waals surface area (Å²) in [5, 5.41) is 1.39. The van der Waals surface area contributed by atoms with Gasteiger partial charge >= 0.3 is 0 Å². The Hall–Kier alpha value is -2.26. The normalized spacial score (nSPS) is 18.5. The highest BCUT2D eigenvalue weighted by Gasteiger charge is 2.28. The van der Waals surface area contributed by atoms with Crippen LogP contribution in [0.15, 0.2) is 54.7 Å². The first-order chi connectivity index (χ1) is 12.9. The van der Waals surface area contributed by atoms with Gasteiger partial charge in [-0.2, -0.15) is 0 Å².